The molecule has 1 aromatic carbocycles. The first-order valence-electron chi connectivity index (χ1n) is 7.06. The normalized spacial score (nSPS) is 18.9. The van der Waals surface area contributed by atoms with E-state index in [1.807, 2.05) is 18.2 Å². The maximum atomic E-state index is 6.62. The molecule has 0 atom stereocenters. The molecule has 0 amide bonds. The molecule has 0 unspecified atom stereocenters. The van der Waals surface area contributed by atoms with Gasteiger partial charge < -0.3 is 15.0 Å². The minimum absolute atomic E-state index is 0.289. The Morgan fingerprint density at radius 2 is 2.05 bits per heavy atom. The predicted molar refractivity (Wildman–Crippen MR) is 81.0 cm³/mol. The molecule has 2 aromatic rings. The van der Waals surface area contributed by atoms with E-state index in [9.17, 15) is 0 Å². The minimum Gasteiger partial charge on any atom is -0.381 e. The highest BCUT2D eigenvalue weighted by atomic mass is 35.5. The average molecular weight is 294 g/mol. The van der Waals surface area contributed by atoms with Crippen LogP contribution >= 0.6 is 11.6 Å². The molecule has 2 heterocycles. The molecule has 108 valence electrons. The average Bonchev–Trinajstić information content (AvgIpc) is 2.79. The van der Waals surface area contributed by atoms with Gasteiger partial charge in [0.05, 0.1) is 16.6 Å². The molecule has 0 spiro atoms. The number of imidazole rings is 1. The van der Waals surface area contributed by atoms with Gasteiger partial charge in [-0.2, -0.15) is 0 Å². The largest absolute Gasteiger partial charge is 0.381 e. The standard InChI is InChI=1S/C15H20ClN3O/c1-10(2)19-13-9-11(16)3-4-12(13)18-14(19)15(17)5-7-20-8-6-15/h3-4,9-10H,5-8,17H2,1-2H3. The molecule has 0 saturated carbocycles. The third kappa shape index (κ3) is 2.22. The third-order valence-electron chi connectivity index (χ3n) is 4.00. The van der Waals surface area contributed by atoms with Crippen LogP contribution in [0.5, 0.6) is 0 Å². The monoisotopic (exact) mass is 293 g/mol. The van der Waals surface area contributed by atoms with Crippen LogP contribution in [0, 0.1) is 0 Å². The number of hydrogen-bond acceptors (Lipinski definition) is 3. The zero-order valence-corrected chi connectivity index (χ0v) is 12.7. The van der Waals surface area contributed by atoms with Gasteiger partial charge in [-0.15, -0.1) is 0 Å². The second-order valence-corrected chi connectivity index (χ2v) is 6.24. The number of fused-ring (bicyclic) bond motifs is 1. The molecule has 5 heteroatoms. The number of halogens is 1. The lowest BCUT2D eigenvalue weighted by molar-refractivity contribution is 0.0477. The van der Waals surface area contributed by atoms with E-state index in [-0.39, 0.29) is 6.04 Å². The molecule has 2 N–H and O–H groups in total. The molecule has 1 aliphatic rings. The number of rotatable bonds is 2. The Kier molecular flexibility index (Phi) is 3.48. The number of nitrogens with zero attached hydrogens (tertiary/aromatic N) is 2. The van der Waals surface area contributed by atoms with Gasteiger partial charge in [-0.05, 0) is 44.9 Å². The van der Waals surface area contributed by atoms with Crippen molar-refractivity contribution >= 4 is 22.6 Å². The van der Waals surface area contributed by atoms with Crippen molar-refractivity contribution in [2.24, 2.45) is 5.73 Å². The van der Waals surface area contributed by atoms with Gasteiger partial charge in [0.1, 0.15) is 5.82 Å². The highest BCUT2D eigenvalue weighted by Crippen LogP contribution is 2.34. The van der Waals surface area contributed by atoms with Gasteiger partial charge in [0.15, 0.2) is 0 Å². The van der Waals surface area contributed by atoms with Crippen LogP contribution in [-0.2, 0) is 10.3 Å². The van der Waals surface area contributed by atoms with Crippen molar-refractivity contribution in [3.05, 3.63) is 29.0 Å². The van der Waals surface area contributed by atoms with Crippen LogP contribution in [-0.4, -0.2) is 22.8 Å². The van der Waals surface area contributed by atoms with Crippen LogP contribution in [0.25, 0.3) is 11.0 Å². The molecule has 1 aliphatic heterocycles. The SMILES string of the molecule is CC(C)n1c(C2(N)CCOCC2)nc2ccc(Cl)cc21. The summed E-state index contributed by atoms with van der Waals surface area (Å²) in [5.74, 6) is 0.952. The predicted octanol–water partition coefficient (Wildman–Crippen LogP) is 3.24. The van der Waals surface area contributed by atoms with Gasteiger partial charge >= 0.3 is 0 Å². The van der Waals surface area contributed by atoms with Gasteiger partial charge in [-0.1, -0.05) is 11.6 Å². The Balaban J connectivity index is 2.21. The lowest BCUT2D eigenvalue weighted by Crippen LogP contribution is -2.44. The lowest BCUT2D eigenvalue weighted by Gasteiger charge is -2.34. The lowest BCUT2D eigenvalue weighted by atomic mass is 9.90. The molecule has 3 rings (SSSR count). The summed E-state index contributed by atoms with van der Waals surface area (Å²) in [5.41, 5.74) is 8.22. The van der Waals surface area contributed by atoms with Crippen LogP contribution in [0.2, 0.25) is 5.02 Å². The fraction of sp³-hybridized carbons (Fsp3) is 0.533. The topological polar surface area (TPSA) is 53.1 Å². The van der Waals surface area contributed by atoms with Crippen molar-refractivity contribution in [3.8, 4) is 0 Å². The quantitative estimate of drug-likeness (QED) is 0.925. The molecule has 0 radical (unpaired) electrons. The number of benzene rings is 1. The first-order chi connectivity index (χ1) is 9.51. The Morgan fingerprint density at radius 1 is 1.35 bits per heavy atom. The van der Waals surface area contributed by atoms with E-state index < -0.39 is 5.54 Å². The number of nitrogens with two attached hydrogens (primary N) is 1. The van der Waals surface area contributed by atoms with E-state index in [4.69, 9.17) is 27.1 Å². The number of hydrogen-bond donors (Lipinski definition) is 1. The maximum absolute atomic E-state index is 6.62. The summed E-state index contributed by atoms with van der Waals surface area (Å²) in [6.45, 7) is 5.68. The van der Waals surface area contributed by atoms with E-state index in [2.05, 4.69) is 18.4 Å². The molecule has 0 aliphatic carbocycles. The summed E-state index contributed by atoms with van der Waals surface area (Å²) in [4.78, 5) is 4.79. The summed E-state index contributed by atoms with van der Waals surface area (Å²) in [5, 5.41) is 0.726. The molecule has 0 bridgehead atoms. The van der Waals surface area contributed by atoms with Crippen LogP contribution < -0.4 is 5.73 Å². The summed E-state index contributed by atoms with van der Waals surface area (Å²) >= 11 is 6.13. The van der Waals surface area contributed by atoms with Gasteiger partial charge in [-0.3, -0.25) is 0 Å². The Bertz CT molecular complexity index is 629. The fourth-order valence-electron chi connectivity index (χ4n) is 2.90. The van der Waals surface area contributed by atoms with Crippen molar-refractivity contribution in [3.63, 3.8) is 0 Å². The summed E-state index contributed by atoms with van der Waals surface area (Å²) < 4.78 is 7.66. The molecule has 1 saturated heterocycles. The van der Waals surface area contributed by atoms with Crippen LogP contribution in [0.15, 0.2) is 18.2 Å². The van der Waals surface area contributed by atoms with Crippen LogP contribution in [0.1, 0.15) is 38.6 Å². The molecule has 4 nitrogen and oxygen atoms in total. The van der Waals surface area contributed by atoms with Gasteiger partial charge in [0.2, 0.25) is 0 Å². The van der Waals surface area contributed by atoms with Crippen molar-refractivity contribution in [2.45, 2.75) is 38.3 Å². The fourth-order valence-corrected chi connectivity index (χ4v) is 3.07. The van der Waals surface area contributed by atoms with Crippen molar-refractivity contribution in [2.75, 3.05) is 13.2 Å². The first kappa shape index (κ1) is 13.9. The van der Waals surface area contributed by atoms with Gasteiger partial charge in [0, 0.05) is 24.3 Å². The van der Waals surface area contributed by atoms with E-state index in [0.717, 1.165) is 34.7 Å². The Labute approximate surface area is 123 Å². The highest BCUT2D eigenvalue weighted by molar-refractivity contribution is 6.31. The maximum Gasteiger partial charge on any atom is 0.130 e. The molecule has 1 fully saturated rings. The molecule has 20 heavy (non-hydrogen) atoms. The first-order valence-corrected chi connectivity index (χ1v) is 7.44. The zero-order valence-electron chi connectivity index (χ0n) is 11.9. The summed E-state index contributed by atoms with van der Waals surface area (Å²) in [6, 6.07) is 6.09. The van der Waals surface area contributed by atoms with Crippen molar-refractivity contribution in [1.82, 2.24) is 9.55 Å². The van der Waals surface area contributed by atoms with Crippen molar-refractivity contribution < 1.29 is 4.74 Å². The van der Waals surface area contributed by atoms with Gasteiger partial charge in [-0.25, -0.2) is 4.98 Å². The second kappa shape index (κ2) is 5.02. The molecular formula is C15H20ClN3O. The van der Waals surface area contributed by atoms with Gasteiger partial charge in [0.25, 0.3) is 0 Å². The van der Waals surface area contributed by atoms with Crippen LogP contribution in [0.3, 0.4) is 0 Å². The third-order valence-corrected chi connectivity index (χ3v) is 4.23. The highest BCUT2D eigenvalue weighted by Gasteiger charge is 2.35. The Hall–Kier alpha value is -1.10. The number of ether oxygens (including phenoxy) is 1. The summed E-state index contributed by atoms with van der Waals surface area (Å²) in [6.07, 6.45) is 1.60. The summed E-state index contributed by atoms with van der Waals surface area (Å²) in [7, 11) is 0. The second-order valence-electron chi connectivity index (χ2n) is 5.80. The van der Waals surface area contributed by atoms with E-state index in [1.165, 1.54) is 0 Å². The minimum atomic E-state index is -0.409. The smallest absolute Gasteiger partial charge is 0.130 e. The zero-order chi connectivity index (χ0) is 14.3. The van der Waals surface area contributed by atoms with Crippen molar-refractivity contribution in [1.29, 1.82) is 0 Å². The Morgan fingerprint density at radius 3 is 2.70 bits per heavy atom. The number of aromatic nitrogens is 2. The molecule has 1 aromatic heterocycles. The molecular weight excluding hydrogens is 274 g/mol. The van der Waals surface area contributed by atoms with E-state index in [0.29, 0.717) is 13.2 Å². The van der Waals surface area contributed by atoms with Crippen LogP contribution in [0.4, 0.5) is 0 Å². The van der Waals surface area contributed by atoms with E-state index in [1.54, 1.807) is 0 Å². The van der Waals surface area contributed by atoms with E-state index >= 15 is 0 Å².